The first kappa shape index (κ1) is 28.4. The van der Waals surface area contributed by atoms with Crippen LogP contribution in [0.15, 0.2) is 66.7 Å². The molecule has 1 saturated carbocycles. The van der Waals surface area contributed by atoms with E-state index in [1.807, 2.05) is 36.4 Å². The van der Waals surface area contributed by atoms with Crippen LogP contribution in [0.2, 0.25) is 0 Å². The van der Waals surface area contributed by atoms with E-state index in [1.165, 1.54) is 38.5 Å². The maximum Gasteiger partial charge on any atom is 0.225 e. The third kappa shape index (κ3) is 6.96. The summed E-state index contributed by atoms with van der Waals surface area (Å²) in [5.41, 5.74) is 4.96. The van der Waals surface area contributed by atoms with Gasteiger partial charge in [-0.15, -0.1) is 0 Å². The lowest BCUT2D eigenvalue weighted by atomic mass is 9.83. The molecule has 4 nitrogen and oxygen atoms in total. The lowest BCUT2D eigenvalue weighted by Crippen LogP contribution is -2.22. The summed E-state index contributed by atoms with van der Waals surface area (Å²) in [7, 11) is 0. The number of para-hydroxylation sites is 2. The third-order valence-corrected chi connectivity index (χ3v) is 8.71. The van der Waals surface area contributed by atoms with E-state index in [0.717, 1.165) is 58.2 Å². The largest absolute Gasteiger partial charge is 0.457 e. The van der Waals surface area contributed by atoms with Gasteiger partial charge in [-0.1, -0.05) is 114 Å². The molecule has 1 heterocycles. The van der Waals surface area contributed by atoms with Crippen LogP contribution in [0, 0.1) is 5.92 Å². The van der Waals surface area contributed by atoms with Gasteiger partial charge in [-0.25, -0.2) is 0 Å². The minimum Gasteiger partial charge on any atom is -0.457 e. The first-order chi connectivity index (χ1) is 19.3. The minimum absolute atomic E-state index is 0.0211. The molecule has 212 valence electrons. The summed E-state index contributed by atoms with van der Waals surface area (Å²) in [6.45, 7) is 6.51. The van der Waals surface area contributed by atoms with Crippen molar-refractivity contribution in [1.29, 1.82) is 0 Å². The van der Waals surface area contributed by atoms with Gasteiger partial charge in [0, 0.05) is 29.2 Å². The highest BCUT2D eigenvalue weighted by Crippen LogP contribution is 2.45. The summed E-state index contributed by atoms with van der Waals surface area (Å²) in [5.74, 6) is 2.38. The first-order valence-corrected chi connectivity index (χ1v) is 15.2. The summed E-state index contributed by atoms with van der Waals surface area (Å²) in [6.07, 6.45) is 10.6. The Kier molecular flexibility index (Phi) is 8.95. The highest BCUT2D eigenvalue weighted by molar-refractivity contribution is 5.93. The predicted octanol–water partition coefficient (Wildman–Crippen LogP) is 8.90. The molecule has 3 aromatic rings. The van der Waals surface area contributed by atoms with Gasteiger partial charge < -0.3 is 15.2 Å². The Labute approximate surface area is 240 Å². The van der Waals surface area contributed by atoms with Gasteiger partial charge in [0.2, 0.25) is 5.91 Å². The Morgan fingerprint density at radius 1 is 0.950 bits per heavy atom. The summed E-state index contributed by atoms with van der Waals surface area (Å²) in [6, 6.07) is 22.3. The highest BCUT2D eigenvalue weighted by atomic mass is 16.5. The van der Waals surface area contributed by atoms with Gasteiger partial charge in [0.15, 0.2) is 0 Å². The zero-order chi connectivity index (χ0) is 28.1. The number of rotatable bonds is 9. The number of carbonyl (C=O) groups is 1. The zero-order valence-electron chi connectivity index (χ0n) is 24.4. The second kappa shape index (κ2) is 12.6. The number of carbonyl (C=O) groups excluding carboxylic acids is 1. The number of benzene rings is 3. The van der Waals surface area contributed by atoms with Gasteiger partial charge in [0.1, 0.15) is 11.5 Å². The summed E-state index contributed by atoms with van der Waals surface area (Å²) < 4.78 is 6.13. The van der Waals surface area contributed by atoms with Crippen LogP contribution in [0.4, 0.5) is 5.69 Å². The van der Waals surface area contributed by atoms with Crippen molar-refractivity contribution in [2.75, 3.05) is 5.32 Å². The summed E-state index contributed by atoms with van der Waals surface area (Å²) in [5, 5.41) is 14.1. The van der Waals surface area contributed by atoms with Gasteiger partial charge in [0.05, 0.1) is 6.10 Å². The fraction of sp³-hybridized carbons (Fsp3) is 0.472. The number of anilines is 1. The van der Waals surface area contributed by atoms with Gasteiger partial charge in [-0.2, -0.15) is 0 Å². The lowest BCUT2D eigenvalue weighted by Gasteiger charge is -2.28. The lowest BCUT2D eigenvalue weighted by molar-refractivity contribution is -0.116. The molecular weight excluding hydrogens is 494 g/mol. The van der Waals surface area contributed by atoms with E-state index in [0.29, 0.717) is 12.8 Å². The molecule has 1 fully saturated rings. The average Bonchev–Trinajstić information content (AvgIpc) is 2.93. The molecule has 1 atom stereocenters. The summed E-state index contributed by atoms with van der Waals surface area (Å²) in [4.78, 5) is 13.6. The van der Waals surface area contributed by atoms with Crippen molar-refractivity contribution in [3.8, 4) is 11.5 Å². The van der Waals surface area contributed by atoms with E-state index >= 15 is 0 Å². The fourth-order valence-electron chi connectivity index (χ4n) is 6.58. The molecule has 0 bridgehead atoms. The van der Waals surface area contributed by atoms with Gasteiger partial charge in [-0.3, -0.25) is 4.79 Å². The molecule has 40 heavy (non-hydrogen) atoms. The minimum atomic E-state index is -0.358. The number of hydrogen-bond donors (Lipinski definition) is 2. The average molecular weight is 540 g/mol. The molecule has 0 radical (unpaired) electrons. The Hall–Kier alpha value is -3.11. The first-order valence-electron chi connectivity index (χ1n) is 15.2. The topological polar surface area (TPSA) is 58.6 Å². The Balaban J connectivity index is 1.28. The van der Waals surface area contributed by atoms with Gasteiger partial charge >= 0.3 is 0 Å². The summed E-state index contributed by atoms with van der Waals surface area (Å²) >= 11 is 0. The van der Waals surface area contributed by atoms with Crippen LogP contribution < -0.4 is 10.1 Å². The monoisotopic (exact) mass is 539 g/mol. The van der Waals surface area contributed by atoms with Gasteiger partial charge in [-0.05, 0) is 53.5 Å². The molecule has 2 N–H and O–H groups in total. The van der Waals surface area contributed by atoms with E-state index in [1.54, 1.807) is 0 Å². The van der Waals surface area contributed by atoms with Crippen LogP contribution in [-0.2, 0) is 16.6 Å². The van der Waals surface area contributed by atoms with E-state index in [4.69, 9.17) is 4.74 Å². The molecule has 0 aromatic heterocycles. The highest BCUT2D eigenvalue weighted by Gasteiger charge is 2.29. The Bertz CT molecular complexity index is 1260. The van der Waals surface area contributed by atoms with Crippen LogP contribution in [0.5, 0.6) is 11.5 Å². The van der Waals surface area contributed by atoms with Crippen LogP contribution in [0.1, 0.15) is 107 Å². The molecular formula is C36H45NO3. The predicted molar refractivity (Wildman–Crippen MR) is 163 cm³/mol. The number of fused-ring (bicyclic) bond motifs is 2. The molecule has 2 aliphatic rings. The number of aliphatic hydroxyl groups is 1. The normalized spacial score (nSPS) is 16.5. The van der Waals surface area contributed by atoms with Crippen molar-refractivity contribution in [1.82, 2.24) is 0 Å². The molecule has 1 amide bonds. The van der Waals surface area contributed by atoms with E-state index < -0.39 is 0 Å². The number of aliphatic hydroxyl groups excluding tert-OH is 1. The molecule has 1 unspecified atom stereocenters. The van der Waals surface area contributed by atoms with E-state index in [9.17, 15) is 9.90 Å². The number of amides is 1. The number of nitrogens with one attached hydrogen (secondary N) is 1. The quantitative estimate of drug-likeness (QED) is 0.285. The van der Waals surface area contributed by atoms with Crippen molar-refractivity contribution in [3.63, 3.8) is 0 Å². The molecule has 0 saturated heterocycles. The maximum atomic E-state index is 13.6. The molecule has 3 aromatic carbocycles. The van der Waals surface area contributed by atoms with E-state index in [2.05, 4.69) is 56.4 Å². The smallest absolute Gasteiger partial charge is 0.225 e. The van der Waals surface area contributed by atoms with Crippen LogP contribution >= 0.6 is 0 Å². The van der Waals surface area contributed by atoms with Crippen LogP contribution in [0.3, 0.4) is 0 Å². The second-order valence-corrected chi connectivity index (χ2v) is 12.9. The molecule has 5 rings (SSSR count). The van der Waals surface area contributed by atoms with Crippen molar-refractivity contribution >= 4 is 11.6 Å². The SMILES string of the molecule is CC(C)(C)c1ccc(CC(O)CCCC2CCCCC2)cc1NC(=O)CC1c2ccccc2Oc2ccccc21. The zero-order valence-corrected chi connectivity index (χ0v) is 24.4. The van der Waals surface area contributed by atoms with Crippen molar-refractivity contribution in [2.24, 2.45) is 5.92 Å². The van der Waals surface area contributed by atoms with Crippen LogP contribution in [-0.4, -0.2) is 17.1 Å². The van der Waals surface area contributed by atoms with Gasteiger partial charge in [0.25, 0.3) is 0 Å². The van der Waals surface area contributed by atoms with Crippen LogP contribution in [0.25, 0.3) is 0 Å². The Morgan fingerprint density at radius 3 is 2.25 bits per heavy atom. The molecule has 4 heteroatoms. The molecule has 1 aliphatic heterocycles. The van der Waals surface area contributed by atoms with Crippen molar-refractivity contribution in [3.05, 3.63) is 89.0 Å². The van der Waals surface area contributed by atoms with E-state index in [-0.39, 0.29) is 23.3 Å². The third-order valence-electron chi connectivity index (χ3n) is 8.71. The fourth-order valence-corrected chi connectivity index (χ4v) is 6.58. The maximum absolute atomic E-state index is 13.6. The Morgan fingerprint density at radius 2 is 1.60 bits per heavy atom. The van der Waals surface area contributed by atoms with Crippen molar-refractivity contribution < 1.29 is 14.6 Å². The molecule has 0 spiro atoms. The number of ether oxygens (including phenoxy) is 1. The second-order valence-electron chi connectivity index (χ2n) is 12.9. The number of hydrogen-bond acceptors (Lipinski definition) is 3. The molecule has 1 aliphatic carbocycles. The standard InChI is InChI=1S/C36H45NO3/c1-36(2,3)31-21-20-26(22-27(38)15-11-14-25-12-5-4-6-13-25)23-32(31)37-35(39)24-30-28-16-7-9-18-33(28)40-34-19-10-8-17-29(30)34/h7-10,16-21,23,25,27,30,38H,4-6,11-15,22,24H2,1-3H3,(H,37,39). The van der Waals surface area contributed by atoms with Crippen molar-refractivity contribution in [2.45, 2.75) is 102 Å².